The summed E-state index contributed by atoms with van der Waals surface area (Å²) in [5, 5.41) is 4.05. The zero-order valence-corrected chi connectivity index (χ0v) is 19.1. The molecule has 1 N–H and O–H groups in total. The van der Waals surface area contributed by atoms with Gasteiger partial charge in [0.15, 0.2) is 5.13 Å². The molecule has 7 heteroatoms. The van der Waals surface area contributed by atoms with E-state index >= 15 is 0 Å². The first-order valence-corrected chi connectivity index (χ1v) is 11.4. The van der Waals surface area contributed by atoms with E-state index in [-0.39, 0.29) is 17.9 Å². The number of hydrogen-bond acceptors (Lipinski definition) is 6. The number of thiazole rings is 1. The Morgan fingerprint density at radius 1 is 1.27 bits per heavy atom. The summed E-state index contributed by atoms with van der Waals surface area (Å²) >= 11 is 1.37. The number of benzene rings is 1. The molecule has 1 aliphatic heterocycles. The molecule has 1 atom stereocenters. The van der Waals surface area contributed by atoms with Crippen LogP contribution in [0.5, 0.6) is 0 Å². The first-order chi connectivity index (χ1) is 14.2. The zero-order chi connectivity index (χ0) is 21.7. The number of aromatic nitrogens is 1. The van der Waals surface area contributed by atoms with Gasteiger partial charge in [0.1, 0.15) is 5.60 Å². The van der Waals surface area contributed by atoms with E-state index in [0.717, 1.165) is 42.9 Å². The van der Waals surface area contributed by atoms with E-state index in [9.17, 15) is 9.59 Å². The number of anilines is 1. The highest BCUT2D eigenvalue weighted by Crippen LogP contribution is 2.25. The summed E-state index contributed by atoms with van der Waals surface area (Å²) in [6.45, 7) is 9.05. The number of likely N-dealkylation sites (tertiary alicyclic amines) is 1. The number of nitrogens with one attached hydrogen (secondary N) is 1. The Kier molecular flexibility index (Phi) is 7.13. The van der Waals surface area contributed by atoms with Crippen molar-refractivity contribution in [3.05, 3.63) is 46.5 Å². The molecule has 3 rings (SSSR count). The molecule has 0 spiro atoms. The molecular formula is C23H31N3O3S. The maximum atomic E-state index is 12.7. The zero-order valence-electron chi connectivity index (χ0n) is 18.2. The molecule has 2 heterocycles. The average Bonchev–Trinajstić information content (AvgIpc) is 3.16. The standard InChI is InChI=1S/C23H31N3O3S/c1-16-9-5-6-11-18(16)20(27)19-15-25-21(30-19)24-13-12-17-10-7-8-14-26(17)22(28)29-23(2,3)4/h5-6,9,11,15,17H,7-8,10,12-14H2,1-4H3,(H,24,25). The van der Waals surface area contributed by atoms with Gasteiger partial charge < -0.3 is 15.0 Å². The van der Waals surface area contributed by atoms with Crippen LogP contribution in [0.25, 0.3) is 0 Å². The summed E-state index contributed by atoms with van der Waals surface area (Å²) < 4.78 is 5.57. The van der Waals surface area contributed by atoms with Crippen LogP contribution in [0.2, 0.25) is 0 Å². The Hall–Kier alpha value is -2.41. The normalized spacial score (nSPS) is 16.9. The van der Waals surface area contributed by atoms with Crippen molar-refractivity contribution in [2.75, 3.05) is 18.4 Å². The maximum Gasteiger partial charge on any atom is 0.410 e. The molecule has 1 saturated heterocycles. The van der Waals surface area contributed by atoms with Crippen molar-refractivity contribution in [1.29, 1.82) is 0 Å². The van der Waals surface area contributed by atoms with E-state index in [1.54, 1.807) is 6.20 Å². The quantitative estimate of drug-likeness (QED) is 0.633. The molecule has 0 saturated carbocycles. The monoisotopic (exact) mass is 429 g/mol. The number of carbonyl (C=O) groups is 2. The van der Waals surface area contributed by atoms with Crippen LogP contribution in [0.3, 0.4) is 0 Å². The van der Waals surface area contributed by atoms with Crippen molar-refractivity contribution >= 4 is 28.3 Å². The minimum Gasteiger partial charge on any atom is -0.444 e. The summed E-state index contributed by atoms with van der Waals surface area (Å²) in [7, 11) is 0. The fourth-order valence-electron chi connectivity index (χ4n) is 3.63. The predicted molar refractivity (Wildman–Crippen MR) is 120 cm³/mol. The highest BCUT2D eigenvalue weighted by Gasteiger charge is 2.30. The van der Waals surface area contributed by atoms with Gasteiger partial charge in [0.2, 0.25) is 5.78 Å². The Labute approximate surface area is 182 Å². The second-order valence-corrected chi connectivity index (χ2v) is 9.74. The number of carbonyl (C=O) groups excluding carboxylic acids is 2. The smallest absolute Gasteiger partial charge is 0.410 e. The van der Waals surface area contributed by atoms with Gasteiger partial charge in [0, 0.05) is 24.7 Å². The van der Waals surface area contributed by atoms with Crippen molar-refractivity contribution in [2.45, 2.75) is 65.0 Å². The average molecular weight is 430 g/mol. The van der Waals surface area contributed by atoms with Gasteiger partial charge >= 0.3 is 6.09 Å². The molecule has 0 aliphatic carbocycles. The van der Waals surface area contributed by atoms with Crippen molar-refractivity contribution in [3.8, 4) is 0 Å². The largest absolute Gasteiger partial charge is 0.444 e. The molecule has 1 fully saturated rings. The summed E-state index contributed by atoms with van der Waals surface area (Å²) in [5.74, 6) is 0.00188. The molecule has 0 radical (unpaired) electrons. The first kappa shape index (κ1) is 22.3. The highest BCUT2D eigenvalue weighted by atomic mass is 32.1. The fraction of sp³-hybridized carbons (Fsp3) is 0.522. The topological polar surface area (TPSA) is 71.5 Å². The summed E-state index contributed by atoms with van der Waals surface area (Å²) in [6.07, 6.45) is 5.34. The van der Waals surface area contributed by atoms with Gasteiger partial charge in [0.25, 0.3) is 0 Å². The van der Waals surface area contributed by atoms with E-state index in [2.05, 4.69) is 10.3 Å². The van der Waals surface area contributed by atoms with Crippen molar-refractivity contribution < 1.29 is 14.3 Å². The molecular weight excluding hydrogens is 398 g/mol. The third-order valence-electron chi connectivity index (χ3n) is 5.13. The van der Waals surface area contributed by atoms with Gasteiger partial charge in [-0.3, -0.25) is 4.79 Å². The van der Waals surface area contributed by atoms with E-state index in [1.807, 2.05) is 56.9 Å². The van der Waals surface area contributed by atoms with Crippen molar-refractivity contribution in [3.63, 3.8) is 0 Å². The van der Waals surface area contributed by atoms with Crippen LogP contribution in [-0.2, 0) is 4.74 Å². The number of amides is 1. The fourth-order valence-corrected chi connectivity index (χ4v) is 4.42. The number of piperidine rings is 1. The molecule has 162 valence electrons. The molecule has 1 aromatic heterocycles. The third-order valence-corrected chi connectivity index (χ3v) is 6.08. The number of ketones is 1. The SMILES string of the molecule is Cc1ccccc1C(=O)c1cnc(NCCC2CCCCN2C(=O)OC(C)(C)C)s1. The number of nitrogens with zero attached hydrogens (tertiary/aromatic N) is 2. The molecule has 1 aliphatic rings. The summed E-state index contributed by atoms with van der Waals surface area (Å²) in [6, 6.07) is 7.75. The Morgan fingerprint density at radius 3 is 2.77 bits per heavy atom. The minimum atomic E-state index is -0.488. The van der Waals surface area contributed by atoms with Gasteiger partial charge in [-0.25, -0.2) is 9.78 Å². The van der Waals surface area contributed by atoms with Gasteiger partial charge in [-0.2, -0.15) is 0 Å². The van der Waals surface area contributed by atoms with Crippen LogP contribution in [0.4, 0.5) is 9.93 Å². The summed E-state index contributed by atoms with van der Waals surface area (Å²) in [5.41, 5.74) is 1.19. The lowest BCUT2D eigenvalue weighted by atomic mass is 10.00. The number of hydrogen-bond donors (Lipinski definition) is 1. The molecule has 1 aromatic carbocycles. The Morgan fingerprint density at radius 2 is 2.03 bits per heavy atom. The van der Waals surface area contributed by atoms with E-state index in [4.69, 9.17) is 4.74 Å². The van der Waals surface area contributed by atoms with Gasteiger partial charge in [-0.15, -0.1) is 0 Å². The van der Waals surface area contributed by atoms with Crippen LogP contribution < -0.4 is 5.32 Å². The van der Waals surface area contributed by atoms with Crippen LogP contribution in [-0.4, -0.2) is 46.5 Å². The van der Waals surface area contributed by atoms with E-state index in [1.165, 1.54) is 11.3 Å². The lowest BCUT2D eigenvalue weighted by Crippen LogP contribution is -2.46. The molecule has 1 amide bonds. The third kappa shape index (κ3) is 5.81. The molecule has 0 bridgehead atoms. The van der Waals surface area contributed by atoms with Crippen LogP contribution in [0.15, 0.2) is 30.5 Å². The van der Waals surface area contributed by atoms with Gasteiger partial charge in [0.05, 0.1) is 11.1 Å². The van der Waals surface area contributed by atoms with Crippen molar-refractivity contribution in [1.82, 2.24) is 9.88 Å². The van der Waals surface area contributed by atoms with E-state index in [0.29, 0.717) is 17.0 Å². The lowest BCUT2D eigenvalue weighted by Gasteiger charge is -2.36. The minimum absolute atomic E-state index is 0.00188. The van der Waals surface area contributed by atoms with Crippen LogP contribution in [0, 0.1) is 6.92 Å². The lowest BCUT2D eigenvalue weighted by molar-refractivity contribution is 0.00929. The van der Waals surface area contributed by atoms with Crippen LogP contribution >= 0.6 is 11.3 Å². The molecule has 2 aromatic rings. The van der Waals surface area contributed by atoms with E-state index < -0.39 is 5.60 Å². The number of aryl methyl sites for hydroxylation is 1. The van der Waals surface area contributed by atoms with Crippen molar-refractivity contribution in [2.24, 2.45) is 0 Å². The molecule has 30 heavy (non-hydrogen) atoms. The first-order valence-electron chi connectivity index (χ1n) is 10.5. The molecule has 1 unspecified atom stereocenters. The number of ether oxygens (including phenoxy) is 1. The summed E-state index contributed by atoms with van der Waals surface area (Å²) in [4.78, 5) is 32.1. The Bertz CT molecular complexity index is 888. The molecule has 6 nitrogen and oxygen atoms in total. The number of rotatable bonds is 6. The highest BCUT2D eigenvalue weighted by molar-refractivity contribution is 7.17. The predicted octanol–water partition coefficient (Wildman–Crippen LogP) is 5.27. The van der Waals surface area contributed by atoms with Crippen LogP contribution in [0.1, 0.15) is 67.3 Å². The second-order valence-electron chi connectivity index (χ2n) is 8.71. The van der Waals surface area contributed by atoms with Gasteiger partial charge in [-0.1, -0.05) is 35.6 Å². The van der Waals surface area contributed by atoms with Gasteiger partial charge in [-0.05, 0) is 58.9 Å². The Balaban J connectivity index is 1.55. The second kappa shape index (κ2) is 9.60. The maximum absolute atomic E-state index is 12.7.